The van der Waals surface area contributed by atoms with Crippen LogP contribution in [0, 0.1) is 6.92 Å². The number of aromatic nitrogens is 3. The molecule has 3 aromatic heterocycles. The molecule has 0 aliphatic carbocycles. The number of thiazole rings is 1. The van der Waals surface area contributed by atoms with Gasteiger partial charge in [-0.15, -0.1) is 13.2 Å². The van der Waals surface area contributed by atoms with Crippen molar-refractivity contribution in [1.82, 2.24) is 15.0 Å². The predicted molar refractivity (Wildman–Crippen MR) is 110 cm³/mol. The van der Waals surface area contributed by atoms with Crippen molar-refractivity contribution in [2.45, 2.75) is 13.3 Å². The molecule has 0 fully saturated rings. The van der Waals surface area contributed by atoms with Crippen molar-refractivity contribution >= 4 is 16.5 Å². The number of pyridine rings is 2. The van der Waals surface area contributed by atoms with Crippen LogP contribution in [0.2, 0.25) is 0 Å². The Hall–Kier alpha value is -3.46. The lowest BCUT2D eigenvalue weighted by Gasteiger charge is -2.09. The Morgan fingerprint density at radius 2 is 1.70 bits per heavy atom. The van der Waals surface area contributed by atoms with E-state index in [4.69, 9.17) is 5.73 Å². The van der Waals surface area contributed by atoms with Crippen molar-refractivity contribution in [1.29, 1.82) is 0 Å². The first-order valence-corrected chi connectivity index (χ1v) is 9.63. The fraction of sp³-hybridized carbons (Fsp3) is 0.0952. The van der Waals surface area contributed by atoms with Crippen molar-refractivity contribution in [2.24, 2.45) is 0 Å². The van der Waals surface area contributed by atoms with Gasteiger partial charge in [0.15, 0.2) is 5.13 Å². The summed E-state index contributed by atoms with van der Waals surface area (Å²) in [4.78, 5) is 14.2. The molecule has 1 aromatic carbocycles. The minimum atomic E-state index is -4.73. The van der Waals surface area contributed by atoms with Crippen molar-refractivity contribution in [2.75, 3.05) is 5.73 Å². The van der Waals surface area contributed by atoms with Gasteiger partial charge in [-0.25, -0.2) is 4.98 Å². The molecule has 4 rings (SSSR count). The number of ether oxygens (including phenoxy) is 1. The molecule has 30 heavy (non-hydrogen) atoms. The maximum absolute atomic E-state index is 12.4. The van der Waals surface area contributed by atoms with Crippen LogP contribution in [-0.4, -0.2) is 21.3 Å². The summed E-state index contributed by atoms with van der Waals surface area (Å²) in [5, 5.41) is 0.412. The van der Waals surface area contributed by atoms with Crippen molar-refractivity contribution in [3.63, 3.8) is 0 Å². The molecular weight excluding hydrogens is 413 g/mol. The molecule has 9 heteroatoms. The largest absolute Gasteiger partial charge is 0.573 e. The molecule has 0 saturated heterocycles. The number of aryl methyl sites for hydroxylation is 1. The SMILES string of the molecule is Cc1cccc(-c2sc(N)nc2-c2ccnc(-c3ccc(OC(F)(F)F)cc3)c2)n1. The molecular formula is C21H15F3N4OS. The standard InChI is InChI=1S/C21H15F3N4OS/c1-12-3-2-4-16(27-12)19-18(28-20(25)30-19)14-9-10-26-17(11-14)13-5-7-15(8-6-13)29-21(22,23)24/h2-11H,1H3,(H2,25,28). The molecule has 0 aliphatic rings. The second kappa shape index (κ2) is 7.75. The number of anilines is 1. The van der Waals surface area contributed by atoms with Crippen molar-refractivity contribution in [3.05, 3.63) is 66.5 Å². The predicted octanol–water partition coefficient (Wildman–Crippen LogP) is 5.72. The molecule has 2 N–H and O–H groups in total. The van der Waals surface area contributed by atoms with Crippen LogP contribution in [0.15, 0.2) is 60.8 Å². The van der Waals surface area contributed by atoms with Gasteiger partial charge in [-0.05, 0) is 55.5 Å². The molecule has 5 nitrogen and oxygen atoms in total. The van der Waals surface area contributed by atoms with E-state index in [0.29, 0.717) is 22.1 Å². The van der Waals surface area contributed by atoms with Gasteiger partial charge in [-0.1, -0.05) is 17.4 Å². The van der Waals surface area contributed by atoms with E-state index in [0.717, 1.165) is 21.8 Å². The number of nitrogen functional groups attached to an aromatic ring is 1. The van der Waals surface area contributed by atoms with Crippen LogP contribution in [0.4, 0.5) is 18.3 Å². The van der Waals surface area contributed by atoms with Gasteiger partial charge in [-0.2, -0.15) is 0 Å². The van der Waals surface area contributed by atoms with Gasteiger partial charge >= 0.3 is 6.36 Å². The molecule has 152 valence electrons. The topological polar surface area (TPSA) is 73.9 Å². The zero-order chi connectivity index (χ0) is 21.3. The quantitative estimate of drug-likeness (QED) is 0.450. The summed E-state index contributed by atoms with van der Waals surface area (Å²) in [6.07, 6.45) is -3.11. The summed E-state index contributed by atoms with van der Waals surface area (Å²) in [7, 11) is 0. The van der Waals surface area contributed by atoms with E-state index >= 15 is 0 Å². The third-order valence-corrected chi connectivity index (χ3v) is 5.09. The third kappa shape index (κ3) is 4.41. The Kier molecular flexibility index (Phi) is 5.13. The highest BCUT2D eigenvalue weighted by molar-refractivity contribution is 7.19. The summed E-state index contributed by atoms with van der Waals surface area (Å²) in [6.45, 7) is 1.91. The second-order valence-electron chi connectivity index (χ2n) is 6.40. The van der Waals surface area contributed by atoms with Gasteiger partial charge in [0, 0.05) is 23.0 Å². The van der Waals surface area contributed by atoms with E-state index in [9.17, 15) is 13.2 Å². The zero-order valence-corrected chi connectivity index (χ0v) is 16.5. The first kappa shape index (κ1) is 19.8. The highest BCUT2D eigenvalue weighted by Crippen LogP contribution is 2.38. The monoisotopic (exact) mass is 428 g/mol. The smallest absolute Gasteiger partial charge is 0.406 e. The Bertz CT molecular complexity index is 1190. The molecule has 0 unspecified atom stereocenters. The maximum Gasteiger partial charge on any atom is 0.573 e. The second-order valence-corrected chi connectivity index (χ2v) is 7.43. The van der Waals surface area contributed by atoms with Crippen LogP contribution in [0.25, 0.3) is 33.1 Å². The molecule has 4 aromatic rings. The lowest BCUT2D eigenvalue weighted by atomic mass is 10.1. The minimum Gasteiger partial charge on any atom is -0.406 e. The Balaban J connectivity index is 1.70. The molecule has 0 atom stereocenters. The van der Waals surface area contributed by atoms with E-state index in [1.165, 1.54) is 35.6 Å². The van der Waals surface area contributed by atoms with Gasteiger partial charge in [0.25, 0.3) is 0 Å². The molecule has 0 spiro atoms. The maximum atomic E-state index is 12.4. The van der Waals surface area contributed by atoms with Crippen LogP contribution >= 0.6 is 11.3 Å². The lowest BCUT2D eigenvalue weighted by Crippen LogP contribution is -2.16. The van der Waals surface area contributed by atoms with E-state index < -0.39 is 6.36 Å². The minimum absolute atomic E-state index is 0.289. The van der Waals surface area contributed by atoms with Gasteiger partial charge in [0.05, 0.1) is 22.0 Å². The van der Waals surface area contributed by atoms with E-state index in [1.807, 2.05) is 31.2 Å². The normalized spacial score (nSPS) is 11.5. The summed E-state index contributed by atoms with van der Waals surface area (Å²) in [6, 6.07) is 14.9. The Morgan fingerprint density at radius 3 is 2.40 bits per heavy atom. The summed E-state index contributed by atoms with van der Waals surface area (Å²) < 4.78 is 41.0. The number of alkyl halides is 3. The third-order valence-electron chi connectivity index (χ3n) is 4.18. The Labute approximate surface area is 174 Å². The first-order chi connectivity index (χ1) is 14.3. The number of hydrogen-bond acceptors (Lipinski definition) is 6. The zero-order valence-electron chi connectivity index (χ0n) is 15.6. The fourth-order valence-corrected chi connectivity index (χ4v) is 3.76. The molecule has 0 amide bonds. The first-order valence-electron chi connectivity index (χ1n) is 8.81. The number of nitrogens with zero attached hydrogens (tertiary/aromatic N) is 3. The van der Waals surface area contributed by atoms with Crippen molar-refractivity contribution in [3.8, 4) is 38.8 Å². The van der Waals surface area contributed by atoms with Crippen LogP contribution in [-0.2, 0) is 0 Å². The van der Waals surface area contributed by atoms with E-state index in [1.54, 1.807) is 12.3 Å². The number of benzene rings is 1. The average molecular weight is 428 g/mol. The number of halogens is 3. The van der Waals surface area contributed by atoms with E-state index in [2.05, 4.69) is 19.7 Å². The van der Waals surface area contributed by atoms with Crippen molar-refractivity contribution < 1.29 is 17.9 Å². The van der Waals surface area contributed by atoms with Crippen LogP contribution in [0.1, 0.15) is 5.69 Å². The summed E-state index contributed by atoms with van der Waals surface area (Å²) in [5.41, 5.74) is 10.3. The van der Waals surface area contributed by atoms with Crippen LogP contribution < -0.4 is 10.5 Å². The molecule has 0 radical (unpaired) electrons. The average Bonchev–Trinajstić information content (AvgIpc) is 3.09. The van der Waals surface area contributed by atoms with Gasteiger partial charge in [0.2, 0.25) is 0 Å². The molecule has 0 aliphatic heterocycles. The number of nitrogens with two attached hydrogens (primary N) is 1. The highest BCUT2D eigenvalue weighted by Gasteiger charge is 2.31. The number of rotatable bonds is 4. The lowest BCUT2D eigenvalue weighted by molar-refractivity contribution is -0.274. The Morgan fingerprint density at radius 1 is 0.933 bits per heavy atom. The van der Waals surface area contributed by atoms with Gasteiger partial charge in [-0.3, -0.25) is 9.97 Å². The molecule has 3 heterocycles. The van der Waals surface area contributed by atoms with Gasteiger partial charge in [0.1, 0.15) is 5.75 Å². The van der Waals surface area contributed by atoms with Gasteiger partial charge < -0.3 is 10.5 Å². The van der Waals surface area contributed by atoms with E-state index in [-0.39, 0.29) is 5.75 Å². The summed E-state index contributed by atoms with van der Waals surface area (Å²) in [5.74, 6) is -0.289. The fourth-order valence-electron chi connectivity index (χ4n) is 2.94. The van der Waals surface area contributed by atoms with Crippen LogP contribution in [0.3, 0.4) is 0 Å². The molecule has 0 saturated carbocycles. The van der Waals surface area contributed by atoms with Crippen LogP contribution in [0.5, 0.6) is 5.75 Å². The highest BCUT2D eigenvalue weighted by atomic mass is 32.1. The molecule has 0 bridgehead atoms. The number of hydrogen-bond donors (Lipinski definition) is 1. The summed E-state index contributed by atoms with van der Waals surface area (Å²) >= 11 is 1.34.